The third-order valence-electron chi connectivity index (χ3n) is 3.14. The molecule has 0 aliphatic heterocycles. The Bertz CT molecular complexity index is 850. The van der Waals surface area contributed by atoms with Crippen molar-refractivity contribution in [2.75, 3.05) is 0 Å². The van der Waals surface area contributed by atoms with Crippen molar-refractivity contribution >= 4 is 29.4 Å². The first kappa shape index (κ1) is 19.2. The van der Waals surface area contributed by atoms with Crippen molar-refractivity contribution in [3.63, 3.8) is 0 Å². The quantitative estimate of drug-likeness (QED) is 0.454. The van der Waals surface area contributed by atoms with Gasteiger partial charge in [-0.3, -0.25) is 14.9 Å². The van der Waals surface area contributed by atoms with E-state index in [1.165, 1.54) is 6.07 Å². The van der Waals surface area contributed by atoms with Crippen LogP contribution in [0, 0.1) is 10.1 Å². The number of hydrogen-bond donors (Lipinski definition) is 2. The molecule has 2 rings (SSSR count). The zero-order chi connectivity index (χ0) is 19.3. The summed E-state index contributed by atoms with van der Waals surface area (Å²) in [4.78, 5) is 22.1. The summed E-state index contributed by atoms with van der Waals surface area (Å²) in [6, 6.07) is 8.77. The van der Waals surface area contributed by atoms with Crippen molar-refractivity contribution in [2.45, 2.75) is 20.0 Å². The van der Waals surface area contributed by atoms with Gasteiger partial charge in [0.1, 0.15) is 5.75 Å². The number of nitrogens with one attached hydrogen (secondary N) is 1. The molecular weight excluding hydrogens is 362 g/mol. The number of rotatable bonds is 6. The second kappa shape index (κ2) is 8.30. The molecule has 26 heavy (non-hydrogen) atoms. The summed E-state index contributed by atoms with van der Waals surface area (Å²) in [6.45, 7) is 3.79. The molecule has 0 unspecified atom stereocenters. The lowest BCUT2D eigenvalue weighted by Gasteiger charge is -2.09. The molecule has 0 aliphatic carbocycles. The lowest BCUT2D eigenvalue weighted by atomic mass is 10.2. The average molecular weight is 378 g/mol. The van der Waals surface area contributed by atoms with Crippen LogP contribution in [0.2, 0.25) is 5.02 Å². The van der Waals surface area contributed by atoms with Gasteiger partial charge in [0.25, 0.3) is 5.91 Å². The van der Waals surface area contributed by atoms with Crippen LogP contribution in [-0.2, 0) is 0 Å². The van der Waals surface area contributed by atoms with Crippen molar-refractivity contribution < 1.29 is 19.6 Å². The number of carbonyl (C=O) groups is 1. The number of ether oxygens (including phenoxy) is 1. The normalized spacial score (nSPS) is 10.9. The second-order valence-electron chi connectivity index (χ2n) is 5.51. The number of carbonyl (C=O) groups excluding carboxylic acids is 1. The Morgan fingerprint density at radius 3 is 2.58 bits per heavy atom. The van der Waals surface area contributed by atoms with E-state index >= 15 is 0 Å². The molecule has 1 amide bonds. The average Bonchev–Trinajstić information content (AvgIpc) is 2.57. The lowest BCUT2D eigenvalue weighted by molar-refractivity contribution is -0.385. The van der Waals surface area contributed by atoms with Crippen molar-refractivity contribution in [1.29, 1.82) is 0 Å². The van der Waals surface area contributed by atoms with Gasteiger partial charge in [0.15, 0.2) is 0 Å². The Balaban J connectivity index is 2.08. The largest absolute Gasteiger partial charge is 0.502 e. The Hall–Kier alpha value is -3.13. The maximum Gasteiger partial charge on any atom is 0.312 e. The van der Waals surface area contributed by atoms with Crippen LogP contribution in [0.4, 0.5) is 5.69 Å². The van der Waals surface area contributed by atoms with Gasteiger partial charge in [-0.1, -0.05) is 11.6 Å². The number of hydrogen-bond acceptors (Lipinski definition) is 6. The lowest BCUT2D eigenvalue weighted by Crippen LogP contribution is -2.17. The van der Waals surface area contributed by atoms with Crippen molar-refractivity contribution in [1.82, 2.24) is 5.43 Å². The molecule has 0 radical (unpaired) electrons. The molecule has 0 aliphatic rings. The molecule has 0 spiro atoms. The molecule has 8 nitrogen and oxygen atoms in total. The van der Waals surface area contributed by atoms with E-state index in [0.29, 0.717) is 11.3 Å². The molecular formula is C17H16ClN3O5. The van der Waals surface area contributed by atoms with Crippen LogP contribution in [0.5, 0.6) is 11.5 Å². The minimum absolute atomic E-state index is 0.00480. The van der Waals surface area contributed by atoms with E-state index in [4.69, 9.17) is 16.3 Å². The molecule has 2 aromatic carbocycles. The van der Waals surface area contributed by atoms with Gasteiger partial charge in [0, 0.05) is 22.2 Å². The fraction of sp³-hybridized carbons (Fsp3) is 0.176. The van der Waals surface area contributed by atoms with Crippen LogP contribution < -0.4 is 10.2 Å². The molecule has 0 saturated heterocycles. The first-order valence-electron chi connectivity index (χ1n) is 7.55. The highest BCUT2D eigenvalue weighted by Crippen LogP contribution is 2.32. The predicted molar refractivity (Wildman–Crippen MR) is 97.0 cm³/mol. The first-order valence-corrected chi connectivity index (χ1v) is 7.92. The van der Waals surface area contributed by atoms with E-state index in [1.807, 2.05) is 13.8 Å². The highest BCUT2D eigenvalue weighted by atomic mass is 35.5. The topological polar surface area (TPSA) is 114 Å². The van der Waals surface area contributed by atoms with Gasteiger partial charge < -0.3 is 9.84 Å². The summed E-state index contributed by atoms with van der Waals surface area (Å²) in [5.41, 5.74) is 2.07. The number of aromatic hydroxyl groups is 1. The molecule has 0 atom stereocenters. The number of phenols is 1. The van der Waals surface area contributed by atoms with Gasteiger partial charge in [0.05, 0.1) is 17.2 Å². The Morgan fingerprint density at radius 1 is 1.35 bits per heavy atom. The molecule has 0 fully saturated rings. The summed E-state index contributed by atoms with van der Waals surface area (Å²) in [7, 11) is 0. The molecule has 2 aromatic rings. The van der Waals surface area contributed by atoms with Crippen molar-refractivity contribution in [2.24, 2.45) is 5.10 Å². The smallest absolute Gasteiger partial charge is 0.312 e. The van der Waals surface area contributed by atoms with E-state index in [1.54, 1.807) is 24.3 Å². The Kier molecular flexibility index (Phi) is 6.13. The van der Waals surface area contributed by atoms with Crippen LogP contribution in [0.25, 0.3) is 0 Å². The minimum atomic E-state index is -0.766. The van der Waals surface area contributed by atoms with Crippen LogP contribution in [0.3, 0.4) is 0 Å². The summed E-state index contributed by atoms with van der Waals surface area (Å²) in [6.07, 6.45) is 1.09. The summed E-state index contributed by atoms with van der Waals surface area (Å²) >= 11 is 5.78. The fourth-order valence-corrected chi connectivity index (χ4v) is 2.25. The van der Waals surface area contributed by atoms with Crippen LogP contribution in [0.1, 0.15) is 29.8 Å². The second-order valence-corrected chi connectivity index (χ2v) is 5.95. The summed E-state index contributed by atoms with van der Waals surface area (Å²) in [5.74, 6) is -0.447. The molecule has 0 saturated carbocycles. The van der Waals surface area contributed by atoms with Gasteiger partial charge >= 0.3 is 5.69 Å². The number of nitro groups is 1. The van der Waals surface area contributed by atoms with Crippen LogP contribution in [0.15, 0.2) is 41.5 Å². The highest BCUT2D eigenvalue weighted by Gasteiger charge is 2.17. The molecule has 0 bridgehead atoms. The van der Waals surface area contributed by atoms with Gasteiger partial charge in [-0.05, 0) is 44.2 Å². The predicted octanol–water partition coefficient (Wildman–Crippen LogP) is 3.50. The number of hydrazone groups is 1. The van der Waals surface area contributed by atoms with E-state index in [2.05, 4.69) is 10.5 Å². The summed E-state index contributed by atoms with van der Waals surface area (Å²) < 4.78 is 5.49. The number of amides is 1. The summed E-state index contributed by atoms with van der Waals surface area (Å²) in [5, 5.41) is 24.5. The SMILES string of the molecule is CC(C)Oc1ccc(C(=O)N/N=C\c2cc(Cl)cc([N+](=O)[O-])c2O)cc1. The zero-order valence-electron chi connectivity index (χ0n) is 14.0. The van der Waals surface area contributed by atoms with Gasteiger partial charge in [-0.25, -0.2) is 5.43 Å². The number of nitro benzene ring substituents is 1. The molecule has 2 N–H and O–H groups in total. The van der Waals surface area contributed by atoms with Crippen LogP contribution >= 0.6 is 11.6 Å². The van der Waals surface area contributed by atoms with E-state index in [0.717, 1.165) is 12.3 Å². The third kappa shape index (κ3) is 4.93. The van der Waals surface area contributed by atoms with E-state index < -0.39 is 22.3 Å². The number of phenolic OH excluding ortho intramolecular Hbond substituents is 1. The zero-order valence-corrected chi connectivity index (χ0v) is 14.7. The minimum Gasteiger partial charge on any atom is -0.502 e. The number of benzene rings is 2. The van der Waals surface area contributed by atoms with Gasteiger partial charge in [-0.2, -0.15) is 5.10 Å². The maximum absolute atomic E-state index is 12.0. The first-order chi connectivity index (χ1) is 12.3. The number of halogens is 1. The van der Waals surface area contributed by atoms with E-state index in [-0.39, 0.29) is 16.7 Å². The van der Waals surface area contributed by atoms with Gasteiger partial charge in [-0.15, -0.1) is 0 Å². The fourth-order valence-electron chi connectivity index (χ4n) is 2.03. The monoisotopic (exact) mass is 377 g/mol. The third-order valence-corrected chi connectivity index (χ3v) is 3.36. The maximum atomic E-state index is 12.0. The van der Waals surface area contributed by atoms with Gasteiger partial charge in [0.2, 0.25) is 5.75 Å². The molecule has 9 heteroatoms. The molecule has 0 heterocycles. The Labute approximate surface area is 154 Å². The van der Waals surface area contributed by atoms with Crippen molar-refractivity contribution in [3.8, 4) is 11.5 Å². The highest BCUT2D eigenvalue weighted by molar-refractivity contribution is 6.31. The standard InChI is InChI=1S/C17H16ClN3O5/c1-10(2)26-14-5-3-11(4-6-14)17(23)20-19-9-12-7-13(18)8-15(16(12)22)21(24)25/h3-10,22H,1-2H3,(H,20,23)/b19-9-. The molecule has 0 aromatic heterocycles. The van der Waals surface area contributed by atoms with Crippen LogP contribution in [-0.4, -0.2) is 28.3 Å². The van der Waals surface area contributed by atoms with Crippen molar-refractivity contribution in [3.05, 3.63) is 62.7 Å². The number of nitrogens with zero attached hydrogens (tertiary/aromatic N) is 2. The van der Waals surface area contributed by atoms with E-state index in [9.17, 15) is 20.0 Å². The Morgan fingerprint density at radius 2 is 2.00 bits per heavy atom. The molecule has 136 valence electrons.